The van der Waals surface area contributed by atoms with Gasteiger partial charge in [-0.25, -0.2) is 0 Å². The van der Waals surface area contributed by atoms with Gasteiger partial charge in [0.25, 0.3) is 0 Å². The van der Waals surface area contributed by atoms with Gasteiger partial charge in [-0.2, -0.15) is 0 Å². The monoisotopic (exact) mass is 392 g/mol. The number of nitrogens with zero attached hydrogens (tertiary/aromatic N) is 2. The lowest BCUT2D eigenvalue weighted by Crippen LogP contribution is -2.49. The summed E-state index contributed by atoms with van der Waals surface area (Å²) in [6, 6.07) is 3.00. The van der Waals surface area contributed by atoms with Crippen LogP contribution in [0.5, 0.6) is 0 Å². The first kappa shape index (κ1) is 19.3. The van der Waals surface area contributed by atoms with Crippen LogP contribution < -0.4 is 10.6 Å². The molecule has 24 heavy (non-hydrogen) atoms. The third-order valence-corrected chi connectivity index (χ3v) is 4.37. The molecule has 0 spiro atoms. The lowest BCUT2D eigenvalue weighted by atomic mass is 10.3. The molecule has 2 N–H and O–H groups in total. The average Bonchev–Trinajstić information content (AvgIpc) is 2.51. The zero-order valence-corrected chi connectivity index (χ0v) is 15.5. The topological polar surface area (TPSA) is 64.7 Å². The molecule has 0 aromatic heterocycles. The van der Waals surface area contributed by atoms with Crippen molar-refractivity contribution in [1.82, 2.24) is 15.1 Å². The molecule has 0 radical (unpaired) electrons. The first-order chi connectivity index (χ1) is 11.4. The van der Waals surface area contributed by atoms with Crippen molar-refractivity contribution in [2.24, 2.45) is 0 Å². The summed E-state index contributed by atoms with van der Waals surface area (Å²) in [5, 5.41) is 6.76. The van der Waals surface area contributed by atoms with Gasteiger partial charge >= 0.3 is 0 Å². The molecule has 1 aromatic carbocycles. The fourth-order valence-electron chi connectivity index (χ4n) is 2.39. The summed E-state index contributed by atoms with van der Waals surface area (Å²) in [4.78, 5) is 27.7. The number of carbonyl (C=O) groups is 2. The number of rotatable bonds is 5. The van der Waals surface area contributed by atoms with Crippen molar-refractivity contribution in [1.29, 1.82) is 0 Å². The Morgan fingerprint density at radius 2 is 1.75 bits per heavy atom. The fourth-order valence-corrected chi connectivity index (χ4v) is 3.30. The molecule has 2 amide bonds. The van der Waals surface area contributed by atoms with Crippen LogP contribution in [0.1, 0.15) is 0 Å². The van der Waals surface area contributed by atoms with Gasteiger partial charge in [0.1, 0.15) is 0 Å². The molecular formula is C15H19Cl3N4O2. The minimum Gasteiger partial charge on any atom is -0.339 e. The van der Waals surface area contributed by atoms with E-state index in [9.17, 15) is 9.59 Å². The molecule has 2 rings (SSSR count). The molecule has 0 atom stereocenters. The summed E-state index contributed by atoms with van der Waals surface area (Å²) >= 11 is 17.9. The number of carbonyl (C=O) groups excluding carboxylic acids is 2. The van der Waals surface area contributed by atoms with Crippen LogP contribution in [-0.4, -0.2) is 67.9 Å². The minimum atomic E-state index is -0.309. The van der Waals surface area contributed by atoms with E-state index in [-0.39, 0.29) is 34.9 Å². The van der Waals surface area contributed by atoms with Crippen molar-refractivity contribution in [3.63, 3.8) is 0 Å². The highest BCUT2D eigenvalue weighted by Gasteiger charge is 2.19. The first-order valence-electron chi connectivity index (χ1n) is 7.48. The number of hydrogen-bond acceptors (Lipinski definition) is 4. The molecule has 1 aliphatic rings. The zero-order valence-electron chi connectivity index (χ0n) is 13.2. The van der Waals surface area contributed by atoms with Gasteiger partial charge in [-0.1, -0.05) is 34.8 Å². The predicted molar refractivity (Wildman–Crippen MR) is 97.0 cm³/mol. The largest absolute Gasteiger partial charge is 0.339 e. The molecule has 1 aromatic rings. The third kappa shape index (κ3) is 5.50. The summed E-state index contributed by atoms with van der Waals surface area (Å²) in [7, 11) is 1.71. The predicted octanol–water partition coefficient (Wildman–Crippen LogP) is 1.95. The Labute approximate surface area is 156 Å². The van der Waals surface area contributed by atoms with Gasteiger partial charge in [-0.15, -0.1) is 0 Å². The molecular weight excluding hydrogens is 375 g/mol. The molecule has 0 bridgehead atoms. The zero-order chi connectivity index (χ0) is 17.7. The standard InChI is InChI=1S/C15H19Cl3N4O2/c1-21(9-14(24)22-4-2-19-3-5-22)8-13(23)20-15-11(17)6-10(16)7-12(15)18/h6-7,19H,2-5,8-9H2,1H3,(H,20,23). The van der Waals surface area contributed by atoms with Gasteiger partial charge in [0.05, 0.1) is 28.8 Å². The number of benzene rings is 1. The van der Waals surface area contributed by atoms with E-state index in [1.165, 1.54) is 12.1 Å². The van der Waals surface area contributed by atoms with Crippen LogP contribution in [0.15, 0.2) is 12.1 Å². The number of halogens is 3. The van der Waals surface area contributed by atoms with E-state index in [4.69, 9.17) is 34.8 Å². The van der Waals surface area contributed by atoms with Crippen molar-refractivity contribution in [2.75, 3.05) is 51.6 Å². The molecule has 0 aliphatic carbocycles. The van der Waals surface area contributed by atoms with E-state index in [1.807, 2.05) is 0 Å². The Balaban J connectivity index is 1.86. The minimum absolute atomic E-state index is 0.00866. The second-order valence-corrected chi connectivity index (χ2v) is 6.85. The SMILES string of the molecule is CN(CC(=O)Nc1c(Cl)cc(Cl)cc1Cl)CC(=O)N1CCNCC1. The second kappa shape index (κ2) is 8.87. The van der Waals surface area contributed by atoms with Crippen LogP contribution in [0.3, 0.4) is 0 Å². The Morgan fingerprint density at radius 3 is 2.33 bits per heavy atom. The molecule has 6 nitrogen and oxygen atoms in total. The molecule has 1 saturated heterocycles. The number of piperazine rings is 1. The average molecular weight is 394 g/mol. The van der Waals surface area contributed by atoms with Crippen LogP contribution in [-0.2, 0) is 9.59 Å². The summed E-state index contributed by atoms with van der Waals surface area (Å²) < 4.78 is 0. The van der Waals surface area contributed by atoms with E-state index in [0.29, 0.717) is 23.8 Å². The normalized spacial score (nSPS) is 14.8. The molecule has 132 valence electrons. The Morgan fingerprint density at radius 1 is 1.17 bits per heavy atom. The molecule has 1 heterocycles. The van der Waals surface area contributed by atoms with E-state index in [0.717, 1.165) is 13.1 Å². The van der Waals surface area contributed by atoms with Gasteiger partial charge in [-0.05, 0) is 19.2 Å². The fraction of sp³-hybridized carbons (Fsp3) is 0.467. The summed E-state index contributed by atoms with van der Waals surface area (Å²) in [6.45, 7) is 3.19. The summed E-state index contributed by atoms with van der Waals surface area (Å²) in [6.07, 6.45) is 0. The van der Waals surface area contributed by atoms with Crippen molar-refractivity contribution < 1.29 is 9.59 Å². The second-order valence-electron chi connectivity index (χ2n) is 5.60. The van der Waals surface area contributed by atoms with Crippen LogP contribution in [0.4, 0.5) is 5.69 Å². The summed E-state index contributed by atoms with van der Waals surface area (Å²) in [5.74, 6) is -0.300. The maximum absolute atomic E-state index is 12.2. The van der Waals surface area contributed by atoms with Crippen molar-refractivity contribution >= 4 is 52.3 Å². The van der Waals surface area contributed by atoms with Crippen molar-refractivity contribution in [2.45, 2.75) is 0 Å². The number of anilines is 1. The number of nitrogens with one attached hydrogen (secondary N) is 2. The first-order valence-corrected chi connectivity index (χ1v) is 8.61. The quantitative estimate of drug-likeness (QED) is 0.802. The van der Waals surface area contributed by atoms with Crippen LogP contribution in [0.2, 0.25) is 15.1 Å². The highest BCUT2D eigenvalue weighted by Crippen LogP contribution is 2.33. The van der Waals surface area contributed by atoms with Crippen LogP contribution >= 0.6 is 34.8 Å². The van der Waals surface area contributed by atoms with Crippen LogP contribution in [0.25, 0.3) is 0 Å². The van der Waals surface area contributed by atoms with E-state index in [2.05, 4.69) is 10.6 Å². The lowest BCUT2D eigenvalue weighted by Gasteiger charge is -2.29. The van der Waals surface area contributed by atoms with Crippen molar-refractivity contribution in [3.05, 3.63) is 27.2 Å². The van der Waals surface area contributed by atoms with E-state index >= 15 is 0 Å². The van der Waals surface area contributed by atoms with Gasteiger partial charge in [0.2, 0.25) is 11.8 Å². The molecule has 1 aliphatic heterocycles. The highest BCUT2D eigenvalue weighted by atomic mass is 35.5. The third-order valence-electron chi connectivity index (χ3n) is 3.56. The van der Waals surface area contributed by atoms with Crippen molar-refractivity contribution in [3.8, 4) is 0 Å². The van der Waals surface area contributed by atoms with Gasteiger partial charge in [-0.3, -0.25) is 14.5 Å². The highest BCUT2D eigenvalue weighted by molar-refractivity contribution is 6.42. The summed E-state index contributed by atoms with van der Waals surface area (Å²) in [5.41, 5.74) is 0.314. The lowest BCUT2D eigenvalue weighted by molar-refractivity contribution is -0.133. The van der Waals surface area contributed by atoms with Crippen LogP contribution in [0, 0.1) is 0 Å². The number of hydrogen-bond donors (Lipinski definition) is 2. The Kier molecular flexibility index (Phi) is 7.13. The van der Waals surface area contributed by atoms with E-state index in [1.54, 1.807) is 16.8 Å². The number of likely N-dealkylation sites (N-methyl/N-ethyl adjacent to an activating group) is 1. The molecule has 0 saturated carbocycles. The van der Waals surface area contributed by atoms with Gasteiger partial charge < -0.3 is 15.5 Å². The van der Waals surface area contributed by atoms with Gasteiger partial charge in [0.15, 0.2) is 0 Å². The van der Waals surface area contributed by atoms with E-state index < -0.39 is 0 Å². The Hall–Kier alpha value is -1.05. The Bertz CT molecular complexity index is 598. The maximum Gasteiger partial charge on any atom is 0.238 e. The maximum atomic E-state index is 12.2. The smallest absolute Gasteiger partial charge is 0.238 e. The van der Waals surface area contributed by atoms with Gasteiger partial charge in [0, 0.05) is 31.2 Å². The molecule has 1 fully saturated rings. The molecule has 9 heteroatoms. The molecule has 0 unspecified atom stereocenters. The number of amides is 2.